The number of amides is 2. The van der Waals surface area contributed by atoms with Crippen molar-refractivity contribution in [2.75, 3.05) is 0 Å². The van der Waals surface area contributed by atoms with Crippen molar-refractivity contribution in [3.63, 3.8) is 0 Å². The highest BCUT2D eigenvalue weighted by Crippen LogP contribution is 2.26. The van der Waals surface area contributed by atoms with Gasteiger partial charge in [0.2, 0.25) is 0 Å². The van der Waals surface area contributed by atoms with E-state index in [4.69, 9.17) is 9.26 Å². The highest BCUT2D eigenvalue weighted by Gasteiger charge is 2.41. The van der Waals surface area contributed by atoms with E-state index in [9.17, 15) is 14.4 Å². The maximum absolute atomic E-state index is 12.4. The van der Waals surface area contributed by atoms with Crippen LogP contribution in [-0.2, 0) is 16.1 Å². The van der Waals surface area contributed by atoms with Crippen LogP contribution in [0.15, 0.2) is 52.4 Å². The van der Waals surface area contributed by atoms with Gasteiger partial charge in [-0.05, 0) is 30.5 Å². The molecule has 1 aromatic carbocycles. The van der Waals surface area contributed by atoms with E-state index >= 15 is 0 Å². The molecule has 136 valence electrons. The number of ether oxygens (including phenoxy) is 1. The van der Waals surface area contributed by atoms with Crippen LogP contribution in [0.2, 0.25) is 0 Å². The molecule has 3 aromatic rings. The van der Waals surface area contributed by atoms with E-state index in [2.05, 4.69) is 5.16 Å². The maximum Gasteiger partial charge on any atom is 0.329 e. The number of carbonyl (C=O) groups is 3. The summed E-state index contributed by atoms with van der Waals surface area (Å²) in [6.07, 6.45) is 0. The van der Waals surface area contributed by atoms with Gasteiger partial charge in [0.1, 0.15) is 18.3 Å². The molecule has 3 heterocycles. The lowest BCUT2D eigenvalue weighted by Gasteiger charge is -2.20. The zero-order valence-electron chi connectivity index (χ0n) is 14.2. The van der Waals surface area contributed by atoms with Gasteiger partial charge in [0.15, 0.2) is 5.76 Å². The molecule has 1 aliphatic heterocycles. The van der Waals surface area contributed by atoms with Crippen molar-refractivity contribution < 1.29 is 23.6 Å². The Morgan fingerprint density at radius 3 is 2.52 bits per heavy atom. The van der Waals surface area contributed by atoms with Crippen molar-refractivity contribution in [1.82, 2.24) is 10.1 Å². The molecule has 2 aromatic heterocycles. The molecule has 7 nitrogen and oxygen atoms in total. The average Bonchev–Trinajstić information content (AvgIpc) is 3.41. The monoisotopic (exact) mass is 382 g/mol. The molecule has 0 saturated heterocycles. The first-order valence-corrected chi connectivity index (χ1v) is 9.07. The van der Waals surface area contributed by atoms with Gasteiger partial charge in [0, 0.05) is 6.07 Å². The smallest absolute Gasteiger partial charge is 0.329 e. The standard InChI is InChI=1S/C19H14N2O5S/c1-11(21-17(22)13-5-2-3-6-14(13)18(21)23)19(24)25-10-12-9-15(26-20-12)16-7-4-8-27-16/h2-9,11H,10H2,1H3/t11-/m0/s1. The van der Waals surface area contributed by atoms with Gasteiger partial charge in [-0.25, -0.2) is 4.79 Å². The van der Waals surface area contributed by atoms with Crippen LogP contribution in [0.4, 0.5) is 0 Å². The Kier molecular flexibility index (Phi) is 4.33. The maximum atomic E-state index is 12.4. The number of thiophene rings is 1. The third kappa shape index (κ3) is 3.04. The second kappa shape index (κ2) is 6.81. The van der Waals surface area contributed by atoms with E-state index in [1.807, 2.05) is 17.5 Å². The van der Waals surface area contributed by atoms with Gasteiger partial charge in [0.25, 0.3) is 11.8 Å². The summed E-state index contributed by atoms with van der Waals surface area (Å²) in [7, 11) is 0. The van der Waals surface area contributed by atoms with Crippen molar-refractivity contribution in [2.24, 2.45) is 0 Å². The molecule has 0 saturated carbocycles. The molecule has 0 unspecified atom stereocenters. The Labute approximate surface area is 158 Å². The SMILES string of the molecule is C[C@@H](C(=O)OCc1cc(-c2cccs2)on1)N1C(=O)c2ccccc2C1=O. The lowest BCUT2D eigenvalue weighted by atomic mass is 10.1. The fraction of sp³-hybridized carbons (Fsp3) is 0.158. The number of nitrogens with zero attached hydrogens (tertiary/aromatic N) is 2. The van der Waals surface area contributed by atoms with Gasteiger partial charge < -0.3 is 9.26 Å². The number of esters is 1. The molecule has 0 radical (unpaired) electrons. The molecule has 4 rings (SSSR count). The minimum Gasteiger partial charge on any atom is -0.458 e. The van der Waals surface area contributed by atoms with E-state index in [0.29, 0.717) is 22.6 Å². The van der Waals surface area contributed by atoms with Gasteiger partial charge >= 0.3 is 5.97 Å². The largest absolute Gasteiger partial charge is 0.458 e. The minimum absolute atomic E-state index is 0.110. The second-order valence-corrected chi connectivity index (χ2v) is 6.92. The predicted molar refractivity (Wildman–Crippen MR) is 96.0 cm³/mol. The number of hydrogen-bond acceptors (Lipinski definition) is 7. The molecule has 2 amide bonds. The van der Waals surface area contributed by atoms with Crippen LogP contribution in [0.1, 0.15) is 33.3 Å². The van der Waals surface area contributed by atoms with Crippen LogP contribution in [-0.4, -0.2) is 33.9 Å². The first kappa shape index (κ1) is 17.2. The zero-order chi connectivity index (χ0) is 19.0. The Hall–Kier alpha value is -3.26. The third-order valence-corrected chi connectivity index (χ3v) is 5.12. The Morgan fingerprint density at radius 2 is 1.89 bits per heavy atom. The van der Waals surface area contributed by atoms with Crippen molar-refractivity contribution in [1.29, 1.82) is 0 Å². The Balaban J connectivity index is 1.42. The number of rotatable bonds is 5. The quantitative estimate of drug-likeness (QED) is 0.497. The molecule has 1 atom stereocenters. The highest BCUT2D eigenvalue weighted by molar-refractivity contribution is 7.13. The zero-order valence-corrected chi connectivity index (χ0v) is 15.1. The minimum atomic E-state index is -1.04. The Morgan fingerprint density at radius 1 is 1.19 bits per heavy atom. The lowest BCUT2D eigenvalue weighted by molar-refractivity contribution is -0.149. The van der Waals surface area contributed by atoms with Crippen molar-refractivity contribution in [3.8, 4) is 10.6 Å². The van der Waals surface area contributed by atoms with E-state index in [1.54, 1.807) is 30.3 Å². The first-order valence-electron chi connectivity index (χ1n) is 8.19. The summed E-state index contributed by atoms with van der Waals surface area (Å²) in [5, 5.41) is 5.79. The number of aromatic nitrogens is 1. The molecule has 0 fully saturated rings. The highest BCUT2D eigenvalue weighted by atomic mass is 32.1. The summed E-state index contributed by atoms with van der Waals surface area (Å²) < 4.78 is 10.5. The molecule has 0 spiro atoms. The first-order chi connectivity index (χ1) is 13.1. The number of benzene rings is 1. The molecule has 0 aliphatic carbocycles. The molecular formula is C19H14N2O5S. The summed E-state index contributed by atoms with van der Waals surface area (Å²) in [6.45, 7) is 1.35. The van der Waals surface area contributed by atoms with Gasteiger partial charge in [-0.3, -0.25) is 14.5 Å². The van der Waals surface area contributed by atoms with E-state index in [1.165, 1.54) is 18.3 Å². The number of hydrogen-bond donors (Lipinski definition) is 0. The number of carbonyl (C=O) groups excluding carboxylic acids is 3. The van der Waals surface area contributed by atoms with Crippen LogP contribution in [0.3, 0.4) is 0 Å². The van der Waals surface area contributed by atoms with E-state index in [0.717, 1.165) is 9.78 Å². The third-order valence-electron chi connectivity index (χ3n) is 4.24. The normalized spacial score (nSPS) is 14.3. The number of fused-ring (bicyclic) bond motifs is 1. The number of imide groups is 1. The van der Waals surface area contributed by atoms with Crippen molar-refractivity contribution >= 4 is 29.1 Å². The molecule has 1 aliphatic rings. The predicted octanol–water partition coefficient (Wildman–Crippen LogP) is 3.13. The van der Waals surface area contributed by atoms with E-state index < -0.39 is 23.8 Å². The van der Waals surface area contributed by atoms with Gasteiger partial charge in [-0.15, -0.1) is 11.3 Å². The molecular weight excluding hydrogens is 368 g/mol. The van der Waals surface area contributed by atoms with Gasteiger partial charge in [0.05, 0.1) is 16.0 Å². The van der Waals surface area contributed by atoms with Crippen LogP contribution < -0.4 is 0 Å². The molecule has 0 N–H and O–H groups in total. The Bertz CT molecular complexity index is 989. The van der Waals surface area contributed by atoms with Crippen LogP contribution >= 0.6 is 11.3 Å². The molecule has 8 heteroatoms. The fourth-order valence-electron chi connectivity index (χ4n) is 2.85. The summed E-state index contributed by atoms with van der Waals surface area (Å²) in [5.41, 5.74) is 1.03. The summed E-state index contributed by atoms with van der Waals surface area (Å²) in [5.74, 6) is -1.10. The topological polar surface area (TPSA) is 89.7 Å². The molecule has 0 bridgehead atoms. The fourth-order valence-corrected chi connectivity index (χ4v) is 3.52. The van der Waals surface area contributed by atoms with Crippen LogP contribution in [0.5, 0.6) is 0 Å². The van der Waals surface area contributed by atoms with E-state index in [-0.39, 0.29) is 6.61 Å². The van der Waals surface area contributed by atoms with Gasteiger partial charge in [-0.2, -0.15) is 0 Å². The van der Waals surface area contributed by atoms with Crippen molar-refractivity contribution in [3.05, 3.63) is 64.7 Å². The summed E-state index contributed by atoms with van der Waals surface area (Å²) >= 11 is 1.51. The van der Waals surface area contributed by atoms with Crippen LogP contribution in [0, 0.1) is 0 Å². The van der Waals surface area contributed by atoms with Crippen LogP contribution in [0.25, 0.3) is 10.6 Å². The lowest BCUT2D eigenvalue weighted by Crippen LogP contribution is -2.43. The average molecular weight is 382 g/mol. The van der Waals surface area contributed by atoms with Crippen molar-refractivity contribution in [2.45, 2.75) is 19.6 Å². The molecule has 27 heavy (non-hydrogen) atoms. The second-order valence-electron chi connectivity index (χ2n) is 5.97. The van der Waals surface area contributed by atoms with Gasteiger partial charge in [-0.1, -0.05) is 23.4 Å². The summed E-state index contributed by atoms with van der Waals surface area (Å²) in [4.78, 5) is 39.1. The summed E-state index contributed by atoms with van der Waals surface area (Å²) in [6, 6.07) is 10.9.